The first kappa shape index (κ1) is 13.6. The van der Waals surface area contributed by atoms with Crippen molar-refractivity contribution in [1.29, 1.82) is 0 Å². The first-order chi connectivity index (χ1) is 9.79. The number of fused-ring (bicyclic) bond motifs is 1. The number of aliphatic hydroxyl groups excluding tert-OH is 1. The van der Waals surface area contributed by atoms with Gasteiger partial charge in [-0.1, -0.05) is 24.3 Å². The highest BCUT2D eigenvalue weighted by Gasteiger charge is 2.34. The molecule has 0 bridgehead atoms. The predicted octanol–water partition coefficient (Wildman–Crippen LogP) is 1.67. The number of amides is 1. The van der Waals surface area contributed by atoms with Crippen LogP contribution < -0.4 is 0 Å². The minimum atomic E-state index is -0.132. The quantitative estimate of drug-likeness (QED) is 0.889. The van der Waals surface area contributed by atoms with Crippen LogP contribution >= 0.6 is 0 Å². The summed E-state index contributed by atoms with van der Waals surface area (Å²) in [6.45, 7) is 1.15. The molecule has 3 rings (SSSR count). The van der Waals surface area contributed by atoms with Crippen LogP contribution in [0.3, 0.4) is 0 Å². The van der Waals surface area contributed by atoms with Crippen LogP contribution in [0.4, 0.5) is 0 Å². The summed E-state index contributed by atoms with van der Waals surface area (Å²) in [7, 11) is 0. The van der Waals surface area contributed by atoms with Crippen molar-refractivity contribution in [3.8, 4) is 0 Å². The minimum absolute atomic E-state index is 0.0321. The van der Waals surface area contributed by atoms with Crippen molar-refractivity contribution in [3.63, 3.8) is 0 Å². The fourth-order valence-corrected chi connectivity index (χ4v) is 2.93. The van der Waals surface area contributed by atoms with Crippen molar-refractivity contribution >= 4 is 5.91 Å². The molecule has 0 saturated heterocycles. The Hall–Kier alpha value is -1.39. The van der Waals surface area contributed by atoms with E-state index in [9.17, 15) is 4.79 Å². The summed E-state index contributed by atoms with van der Waals surface area (Å²) in [6, 6.07) is 8.54. The summed E-state index contributed by atoms with van der Waals surface area (Å²) in [5.41, 5.74) is 2.43. The van der Waals surface area contributed by atoms with Crippen LogP contribution in [0.25, 0.3) is 0 Å². The monoisotopic (exact) mass is 275 g/mol. The van der Waals surface area contributed by atoms with Crippen molar-refractivity contribution < 1.29 is 14.6 Å². The third kappa shape index (κ3) is 2.86. The maximum atomic E-state index is 12.4. The SMILES string of the molecule is O=C(CC1OCCc2ccccc21)N(CCO)C1CC1. The molecule has 1 atom stereocenters. The second kappa shape index (κ2) is 5.94. The van der Waals surface area contributed by atoms with Crippen LogP contribution in [0.1, 0.15) is 36.5 Å². The number of aliphatic hydroxyl groups is 1. The molecule has 1 aliphatic heterocycles. The molecule has 1 heterocycles. The Morgan fingerprint density at radius 3 is 2.90 bits per heavy atom. The zero-order valence-corrected chi connectivity index (χ0v) is 11.6. The third-order valence-corrected chi connectivity index (χ3v) is 4.10. The van der Waals surface area contributed by atoms with E-state index in [4.69, 9.17) is 9.84 Å². The van der Waals surface area contributed by atoms with E-state index in [1.54, 1.807) is 0 Å². The largest absolute Gasteiger partial charge is 0.395 e. The van der Waals surface area contributed by atoms with Crippen molar-refractivity contribution in [2.45, 2.75) is 37.8 Å². The number of rotatable bonds is 5. The zero-order valence-electron chi connectivity index (χ0n) is 11.6. The first-order valence-electron chi connectivity index (χ1n) is 7.39. The second-order valence-corrected chi connectivity index (χ2v) is 5.55. The number of carbonyl (C=O) groups excluding carboxylic acids is 1. The fraction of sp³-hybridized carbons (Fsp3) is 0.562. The Labute approximate surface area is 119 Å². The van der Waals surface area contributed by atoms with Crippen molar-refractivity contribution in [2.75, 3.05) is 19.8 Å². The number of benzene rings is 1. The summed E-state index contributed by atoms with van der Waals surface area (Å²) in [5, 5.41) is 9.10. The molecule has 0 aromatic heterocycles. The van der Waals surface area contributed by atoms with Gasteiger partial charge in [0, 0.05) is 12.6 Å². The lowest BCUT2D eigenvalue weighted by molar-refractivity contribution is -0.135. The summed E-state index contributed by atoms with van der Waals surface area (Å²) in [5.74, 6) is 0.100. The average molecular weight is 275 g/mol. The van der Waals surface area contributed by atoms with Crippen LogP contribution in [0.15, 0.2) is 24.3 Å². The van der Waals surface area contributed by atoms with E-state index in [0.29, 0.717) is 25.6 Å². The molecule has 1 N–H and O–H groups in total. The van der Waals surface area contributed by atoms with Gasteiger partial charge in [0.25, 0.3) is 0 Å². The molecule has 1 aromatic carbocycles. The maximum Gasteiger partial charge on any atom is 0.225 e. The number of carbonyl (C=O) groups is 1. The topological polar surface area (TPSA) is 49.8 Å². The second-order valence-electron chi connectivity index (χ2n) is 5.55. The van der Waals surface area contributed by atoms with E-state index in [-0.39, 0.29) is 18.6 Å². The fourth-order valence-electron chi connectivity index (χ4n) is 2.93. The normalized spacial score (nSPS) is 21.4. The molecule has 2 aliphatic rings. The average Bonchev–Trinajstić information content (AvgIpc) is 3.29. The van der Waals surface area contributed by atoms with Crippen LogP contribution in [0.2, 0.25) is 0 Å². The Morgan fingerprint density at radius 1 is 1.35 bits per heavy atom. The molecular formula is C16H21NO3. The van der Waals surface area contributed by atoms with Gasteiger partial charge < -0.3 is 14.7 Å². The molecule has 1 aliphatic carbocycles. The van der Waals surface area contributed by atoms with Gasteiger partial charge in [-0.3, -0.25) is 4.79 Å². The molecule has 1 aromatic rings. The zero-order chi connectivity index (χ0) is 13.9. The molecule has 1 unspecified atom stereocenters. The van der Waals surface area contributed by atoms with Crippen LogP contribution in [0, 0.1) is 0 Å². The molecule has 0 spiro atoms. The maximum absolute atomic E-state index is 12.4. The van der Waals surface area contributed by atoms with Gasteiger partial charge in [-0.2, -0.15) is 0 Å². The Morgan fingerprint density at radius 2 is 2.15 bits per heavy atom. The lowest BCUT2D eigenvalue weighted by atomic mass is 9.95. The molecule has 4 nitrogen and oxygen atoms in total. The molecule has 1 fully saturated rings. The summed E-state index contributed by atoms with van der Waals surface area (Å²) >= 11 is 0. The van der Waals surface area contributed by atoms with E-state index in [1.165, 1.54) is 5.56 Å². The van der Waals surface area contributed by atoms with Crippen LogP contribution in [0.5, 0.6) is 0 Å². The molecule has 1 saturated carbocycles. The number of ether oxygens (including phenoxy) is 1. The highest BCUT2D eigenvalue weighted by Crippen LogP contribution is 2.32. The third-order valence-electron chi connectivity index (χ3n) is 4.10. The van der Waals surface area contributed by atoms with E-state index in [0.717, 1.165) is 24.8 Å². The Balaban J connectivity index is 1.70. The molecule has 20 heavy (non-hydrogen) atoms. The lowest BCUT2D eigenvalue weighted by Crippen LogP contribution is -2.37. The van der Waals surface area contributed by atoms with Crippen LogP contribution in [-0.4, -0.2) is 41.7 Å². The molecular weight excluding hydrogens is 254 g/mol. The number of hydrogen-bond acceptors (Lipinski definition) is 3. The van der Waals surface area contributed by atoms with Crippen molar-refractivity contribution in [1.82, 2.24) is 4.90 Å². The van der Waals surface area contributed by atoms with Gasteiger partial charge in [-0.15, -0.1) is 0 Å². The van der Waals surface area contributed by atoms with Gasteiger partial charge in [-0.25, -0.2) is 0 Å². The van der Waals surface area contributed by atoms with Crippen molar-refractivity contribution in [2.24, 2.45) is 0 Å². The smallest absolute Gasteiger partial charge is 0.225 e. The Kier molecular flexibility index (Phi) is 4.03. The van der Waals surface area contributed by atoms with Gasteiger partial charge in [0.2, 0.25) is 5.91 Å². The number of nitrogens with zero attached hydrogens (tertiary/aromatic N) is 1. The van der Waals surface area contributed by atoms with Gasteiger partial charge in [0.05, 0.1) is 25.7 Å². The Bertz CT molecular complexity index is 484. The van der Waals surface area contributed by atoms with E-state index in [1.807, 2.05) is 17.0 Å². The highest BCUT2D eigenvalue weighted by molar-refractivity contribution is 5.77. The van der Waals surface area contributed by atoms with E-state index < -0.39 is 0 Å². The van der Waals surface area contributed by atoms with Gasteiger partial charge >= 0.3 is 0 Å². The first-order valence-corrected chi connectivity index (χ1v) is 7.39. The summed E-state index contributed by atoms with van der Waals surface area (Å²) in [6.07, 6.45) is 3.30. The lowest BCUT2D eigenvalue weighted by Gasteiger charge is -2.28. The summed E-state index contributed by atoms with van der Waals surface area (Å²) in [4.78, 5) is 14.2. The highest BCUT2D eigenvalue weighted by atomic mass is 16.5. The molecule has 1 amide bonds. The standard InChI is InChI=1S/C16H21NO3/c18-9-8-17(13-5-6-13)16(19)11-15-14-4-2-1-3-12(14)7-10-20-15/h1-4,13,15,18H,5-11H2. The van der Waals surface area contributed by atoms with Gasteiger partial charge in [0.15, 0.2) is 0 Å². The predicted molar refractivity (Wildman–Crippen MR) is 75.3 cm³/mol. The molecule has 0 radical (unpaired) electrons. The minimum Gasteiger partial charge on any atom is -0.395 e. The number of hydrogen-bond donors (Lipinski definition) is 1. The molecule has 4 heteroatoms. The van der Waals surface area contributed by atoms with E-state index in [2.05, 4.69) is 12.1 Å². The van der Waals surface area contributed by atoms with Crippen LogP contribution in [-0.2, 0) is 16.0 Å². The van der Waals surface area contributed by atoms with E-state index >= 15 is 0 Å². The van der Waals surface area contributed by atoms with Crippen molar-refractivity contribution in [3.05, 3.63) is 35.4 Å². The summed E-state index contributed by atoms with van der Waals surface area (Å²) < 4.78 is 5.79. The molecule has 108 valence electrons. The van der Waals surface area contributed by atoms with Gasteiger partial charge in [-0.05, 0) is 30.4 Å². The van der Waals surface area contributed by atoms with Gasteiger partial charge in [0.1, 0.15) is 0 Å².